The number of aryl methyl sites for hydroxylation is 1. The lowest BCUT2D eigenvalue weighted by molar-refractivity contribution is 0.0930. The molecule has 0 saturated carbocycles. The summed E-state index contributed by atoms with van der Waals surface area (Å²) >= 11 is 0. The second-order valence-electron chi connectivity index (χ2n) is 7.79. The van der Waals surface area contributed by atoms with Crippen LogP contribution in [0.1, 0.15) is 49.2 Å². The van der Waals surface area contributed by atoms with Gasteiger partial charge in [0.25, 0.3) is 11.5 Å². The number of hydrogen-bond donors (Lipinski definition) is 3. The summed E-state index contributed by atoms with van der Waals surface area (Å²) in [6, 6.07) is 3.24. The van der Waals surface area contributed by atoms with E-state index < -0.39 is 5.66 Å². The third-order valence-corrected chi connectivity index (χ3v) is 5.48. The van der Waals surface area contributed by atoms with Crippen LogP contribution < -0.4 is 21.9 Å². The molecule has 4 N–H and O–H groups in total. The molecule has 1 amide bonds. The molecule has 146 valence electrons. The molecule has 8 heteroatoms. The standard InChI is InChI=1S/C20H24N6O2/c1-11(2)13-5-4-6-20(9-13)25-18(27)17-12(3)7-14(19(28)26(17)20)24-16-8-15(21)22-10-23-16/h7-11H,4-6H2,1-3H3,(H,25,27)(H3,21,22,23,24). The number of nitrogens with one attached hydrogen (secondary N) is 2. The van der Waals surface area contributed by atoms with E-state index in [2.05, 4.69) is 40.5 Å². The molecule has 0 fully saturated rings. The Morgan fingerprint density at radius 2 is 2.07 bits per heavy atom. The SMILES string of the molecule is Cc1cc(Nc2cc(N)ncn2)c(=O)n2c1C(=O)NC21C=C(C(C)C)CCC1. The van der Waals surface area contributed by atoms with Crippen molar-refractivity contribution in [2.45, 2.75) is 45.7 Å². The second kappa shape index (κ2) is 6.47. The van der Waals surface area contributed by atoms with Gasteiger partial charge in [-0.25, -0.2) is 9.97 Å². The fourth-order valence-electron chi connectivity index (χ4n) is 4.13. The molecule has 2 aromatic heterocycles. The molecular formula is C20H24N6O2. The lowest BCUT2D eigenvalue weighted by atomic mass is 9.85. The van der Waals surface area contributed by atoms with Gasteiger partial charge >= 0.3 is 0 Å². The Kier molecular flexibility index (Phi) is 4.21. The van der Waals surface area contributed by atoms with Gasteiger partial charge in [-0.2, -0.15) is 0 Å². The molecule has 3 heterocycles. The number of nitrogens with two attached hydrogens (primary N) is 1. The first-order valence-corrected chi connectivity index (χ1v) is 9.46. The predicted octanol–water partition coefficient (Wildman–Crippen LogP) is 2.44. The van der Waals surface area contributed by atoms with E-state index in [4.69, 9.17) is 5.73 Å². The number of carbonyl (C=O) groups excluding carboxylic acids is 1. The van der Waals surface area contributed by atoms with Crippen LogP contribution >= 0.6 is 0 Å². The Morgan fingerprint density at radius 3 is 2.79 bits per heavy atom. The highest BCUT2D eigenvalue weighted by molar-refractivity contribution is 5.97. The van der Waals surface area contributed by atoms with Gasteiger partial charge in [0.15, 0.2) is 0 Å². The first-order valence-electron chi connectivity index (χ1n) is 9.46. The van der Waals surface area contributed by atoms with Gasteiger partial charge in [-0.1, -0.05) is 19.4 Å². The number of nitrogens with zero attached hydrogens (tertiary/aromatic N) is 3. The fourth-order valence-corrected chi connectivity index (χ4v) is 4.13. The van der Waals surface area contributed by atoms with Crippen molar-refractivity contribution in [3.63, 3.8) is 0 Å². The van der Waals surface area contributed by atoms with E-state index in [0.717, 1.165) is 18.4 Å². The average Bonchev–Trinajstić information content (AvgIpc) is 2.91. The van der Waals surface area contributed by atoms with Crippen LogP contribution in [0, 0.1) is 12.8 Å². The number of amides is 1. The van der Waals surface area contributed by atoms with Gasteiger partial charge in [0, 0.05) is 6.07 Å². The number of allylic oxidation sites excluding steroid dienone is 1. The molecule has 1 aliphatic carbocycles. The van der Waals surface area contributed by atoms with Crippen LogP contribution in [0.3, 0.4) is 0 Å². The zero-order valence-corrected chi connectivity index (χ0v) is 16.2. The lowest BCUT2D eigenvalue weighted by Gasteiger charge is -2.34. The molecule has 0 saturated heterocycles. The summed E-state index contributed by atoms with van der Waals surface area (Å²) in [4.78, 5) is 34.1. The van der Waals surface area contributed by atoms with E-state index in [1.54, 1.807) is 16.7 Å². The number of anilines is 3. The molecule has 4 rings (SSSR count). The molecular weight excluding hydrogens is 356 g/mol. The molecule has 2 aliphatic rings. The number of hydrogen-bond acceptors (Lipinski definition) is 6. The van der Waals surface area contributed by atoms with Crippen LogP contribution in [0.4, 0.5) is 17.3 Å². The van der Waals surface area contributed by atoms with Gasteiger partial charge in [0.05, 0.1) is 0 Å². The quantitative estimate of drug-likeness (QED) is 0.705. The number of aromatic nitrogens is 3. The van der Waals surface area contributed by atoms with Crippen LogP contribution in [0.15, 0.2) is 34.9 Å². The molecule has 0 aromatic carbocycles. The van der Waals surface area contributed by atoms with Gasteiger partial charge in [0.1, 0.15) is 35.0 Å². The molecule has 8 nitrogen and oxygen atoms in total. The Labute approximate surface area is 162 Å². The molecule has 1 atom stereocenters. The summed E-state index contributed by atoms with van der Waals surface area (Å²) in [5, 5.41) is 6.11. The smallest absolute Gasteiger partial charge is 0.277 e. The van der Waals surface area contributed by atoms with Crippen molar-refractivity contribution in [2.75, 3.05) is 11.1 Å². The lowest BCUT2D eigenvalue weighted by Crippen LogP contribution is -2.47. The first-order chi connectivity index (χ1) is 13.3. The Balaban J connectivity index is 1.88. The van der Waals surface area contributed by atoms with Crippen LogP contribution in [-0.4, -0.2) is 20.4 Å². The first kappa shape index (κ1) is 18.2. The second-order valence-corrected chi connectivity index (χ2v) is 7.79. The molecule has 2 aromatic rings. The van der Waals surface area contributed by atoms with E-state index in [9.17, 15) is 9.59 Å². The fraction of sp³-hybridized carbons (Fsp3) is 0.400. The summed E-state index contributed by atoms with van der Waals surface area (Å²) in [6.07, 6.45) is 5.99. The van der Waals surface area contributed by atoms with E-state index in [-0.39, 0.29) is 11.5 Å². The Bertz CT molecular complexity index is 1060. The van der Waals surface area contributed by atoms with Crippen molar-refractivity contribution >= 4 is 23.2 Å². The maximum atomic E-state index is 13.4. The molecule has 1 spiro atoms. The molecule has 0 radical (unpaired) electrons. The maximum absolute atomic E-state index is 13.4. The molecule has 28 heavy (non-hydrogen) atoms. The zero-order valence-electron chi connectivity index (χ0n) is 16.2. The summed E-state index contributed by atoms with van der Waals surface area (Å²) < 4.78 is 1.61. The number of pyridine rings is 1. The monoisotopic (exact) mass is 380 g/mol. The van der Waals surface area contributed by atoms with Gasteiger partial charge in [-0.3, -0.25) is 14.2 Å². The predicted molar refractivity (Wildman–Crippen MR) is 107 cm³/mol. The molecule has 0 bridgehead atoms. The third-order valence-electron chi connectivity index (χ3n) is 5.48. The summed E-state index contributed by atoms with van der Waals surface area (Å²) in [7, 11) is 0. The number of rotatable bonds is 3. The molecule has 1 aliphatic heterocycles. The van der Waals surface area contributed by atoms with E-state index >= 15 is 0 Å². The summed E-state index contributed by atoms with van der Waals surface area (Å²) in [6.45, 7) is 6.10. The van der Waals surface area contributed by atoms with E-state index in [1.165, 1.54) is 11.9 Å². The van der Waals surface area contributed by atoms with E-state index in [0.29, 0.717) is 35.4 Å². The highest BCUT2D eigenvalue weighted by Crippen LogP contribution is 2.38. The van der Waals surface area contributed by atoms with Gasteiger partial charge in [-0.05, 0) is 49.8 Å². The van der Waals surface area contributed by atoms with E-state index in [1.807, 2.05) is 6.92 Å². The van der Waals surface area contributed by atoms with Crippen LogP contribution in [0.2, 0.25) is 0 Å². The van der Waals surface area contributed by atoms with Crippen molar-refractivity contribution in [1.82, 2.24) is 19.9 Å². The van der Waals surface area contributed by atoms with Gasteiger partial charge in [-0.15, -0.1) is 0 Å². The van der Waals surface area contributed by atoms with Crippen molar-refractivity contribution < 1.29 is 4.79 Å². The summed E-state index contributed by atoms with van der Waals surface area (Å²) in [5.41, 5.74) is 7.37. The average molecular weight is 380 g/mol. The number of fused-ring (bicyclic) bond motifs is 2. The molecule has 1 unspecified atom stereocenters. The van der Waals surface area contributed by atoms with Crippen molar-refractivity contribution in [3.8, 4) is 0 Å². The normalized spacial score (nSPS) is 20.9. The van der Waals surface area contributed by atoms with Crippen LogP contribution in [0.25, 0.3) is 0 Å². The number of nitrogen functional groups attached to an aromatic ring is 1. The summed E-state index contributed by atoms with van der Waals surface area (Å²) in [5.74, 6) is 0.882. The van der Waals surface area contributed by atoms with Gasteiger partial charge in [0.2, 0.25) is 0 Å². The van der Waals surface area contributed by atoms with Crippen molar-refractivity contribution in [1.29, 1.82) is 0 Å². The van der Waals surface area contributed by atoms with Crippen molar-refractivity contribution in [3.05, 3.63) is 51.7 Å². The Morgan fingerprint density at radius 1 is 1.29 bits per heavy atom. The van der Waals surface area contributed by atoms with Crippen LogP contribution in [0.5, 0.6) is 0 Å². The number of carbonyl (C=O) groups is 1. The highest BCUT2D eigenvalue weighted by Gasteiger charge is 2.44. The minimum Gasteiger partial charge on any atom is -0.384 e. The zero-order chi connectivity index (χ0) is 20.1. The Hall–Kier alpha value is -3.16. The topological polar surface area (TPSA) is 115 Å². The highest BCUT2D eigenvalue weighted by atomic mass is 16.2. The third kappa shape index (κ3) is 2.85. The van der Waals surface area contributed by atoms with Gasteiger partial charge < -0.3 is 16.4 Å². The maximum Gasteiger partial charge on any atom is 0.277 e. The minimum atomic E-state index is -0.811. The van der Waals surface area contributed by atoms with Crippen molar-refractivity contribution in [2.24, 2.45) is 5.92 Å². The van der Waals surface area contributed by atoms with Crippen LogP contribution in [-0.2, 0) is 5.66 Å². The largest absolute Gasteiger partial charge is 0.384 e. The minimum absolute atomic E-state index is 0.214.